The van der Waals surface area contributed by atoms with Crippen molar-refractivity contribution in [3.8, 4) is 0 Å². The Kier molecular flexibility index (Phi) is 3.63. The highest BCUT2D eigenvalue weighted by molar-refractivity contribution is 5.72. The summed E-state index contributed by atoms with van der Waals surface area (Å²) in [7, 11) is 0. The van der Waals surface area contributed by atoms with Crippen LogP contribution >= 0.6 is 0 Å². The molecule has 94 valence electrons. The molecule has 17 heavy (non-hydrogen) atoms. The van der Waals surface area contributed by atoms with E-state index in [2.05, 4.69) is 15.3 Å². The average molecular weight is 237 g/mol. The summed E-state index contributed by atoms with van der Waals surface area (Å²) in [6, 6.07) is 0.318. The van der Waals surface area contributed by atoms with Crippen molar-refractivity contribution in [3.63, 3.8) is 0 Å². The number of nitrogens with one attached hydrogen (secondary N) is 1. The molecule has 1 heterocycles. The largest absolute Gasteiger partial charge is 0.396 e. The molecular weight excluding hydrogens is 218 g/mol. The quantitative estimate of drug-likeness (QED) is 0.610. The molecule has 1 aromatic heterocycles. The average Bonchev–Trinajstić information content (AvgIpc) is 2.73. The molecule has 2 atom stereocenters. The first-order chi connectivity index (χ1) is 8.22. The molecule has 0 radical (unpaired) electrons. The summed E-state index contributed by atoms with van der Waals surface area (Å²) in [4.78, 5) is 7.94. The summed E-state index contributed by atoms with van der Waals surface area (Å²) in [6.45, 7) is 0.226. The molecule has 0 amide bonds. The van der Waals surface area contributed by atoms with Crippen LogP contribution in [0.25, 0.3) is 0 Å². The van der Waals surface area contributed by atoms with E-state index in [-0.39, 0.29) is 6.61 Å². The number of aliphatic hydroxyl groups is 1. The maximum atomic E-state index is 9.01. The van der Waals surface area contributed by atoms with Gasteiger partial charge in [-0.1, -0.05) is 6.42 Å². The molecule has 0 aromatic carbocycles. The van der Waals surface area contributed by atoms with Gasteiger partial charge in [-0.3, -0.25) is 0 Å². The number of anilines is 3. The third kappa shape index (κ3) is 2.58. The van der Waals surface area contributed by atoms with Crippen LogP contribution in [0, 0.1) is 5.92 Å². The first kappa shape index (κ1) is 11.9. The zero-order valence-corrected chi connectivity index (χ0v) is 9.76. The number of rotatable bonds is 4. The molecule has 1 saturated carbocycles. The van der Waals surface area contributed by atoms with Gasteiger partial charge in [-0.25, -0.2) is 9.97 Å². The molecule has 6 N–H and O–H groups in total. The van der Waals surface area contributed by atoms with Crippen LogP contribution in [0.1, 0.15) is 25.7 Å². The van der Waals surface area contributed by atoms with Crippen molar-refractivity contribution in [2.45, 2.75) is 31.7 Å². The van der Waals surface area contributed by atoms with Gasteiger partial charge >= 0.3 is 0 Å². The number of nitrogen functional groups attached to an aromatic ring is 2. The van der Waals surface area contributed by atoms with Gasteiger partial charge in [0, 0.05) is 12.6 Å². The predicted molar refractivity (Wildman–Crippen MR) is 67.3 cm³/mol. The second kappa shape index (κ2) is 5.18. The molecule has 6 nitrogen and oxygen atoms in total. The molecule has 1 aliphatic rings. The van der Waals surface area contributed by atoms with E-state index in [0.717, 1.165) is 19.3 Å². The lowest BCUT2D eigenvalue weighted by Gasteiger charge is -2.21. The zero-order chi connectivity index (χ0) is 12.3. The minimum atomic E-state index is 0.226. The van der Waals surface area contributed by atoms with Gasteiger partial charge in [-0.05, 0) is 25.2 Å². The third-order valence-electron chi connectivity index (χ3n) is 3.40. The first-order valence-electron chi connectivity index (χ1n) is 5.95. The van der Waals surface area contributed by atoms with Crippen LogP contribution in [0.3, 0.4) is 0 Å². The Hall–Kier alpha value is -1.56. The normalized spacial score (nSPS) is 23.8. The molecule has 0 saturated heterocycles. The van der Waals surface area contributed by atoms with Gasteiger partial charge in [0.2, 0.25) is 0 Å². The summed E-state index contributed by atoms with van der Waals surface area (Å²) >= 11 is 0. The van der Waals surface area contributed by atoms with Gasteiger partial charge < -0.3 is 21.9 Å². The molecule has 0 bridgehead atoms. The summed E-state index contributed by atoms with van der Waals surface area (Å²) < 4.78 is 0. The van der Waals surface area contributed by atoms with Gasteiger partial charge in [0.1, 0.15) is 12.0 Å². The van der Waals surface area contributed by atoms with Gasteiger partial charge in [-0.2, -0.15) is 0 Å². The van der Waals surface area contributed by atoms with Crippen molar-refractivity contribution < 1.29 is 5.11 Å². The lowest BCUT2D eigenvalue weighted by molar-refractivity contribution is 0.254. The third-order valence-corrected chi connectivity index (χ3v) is 3.40. The van der Waals surface area contributed by atoms with Crippen LogP contribution in [-0.4, -0.2) is 27.7 Å². The van der Waals surface area contributed by atoms with Gasteiger partial charge in [0.15, 0.2) is 11.6 Å². The second-order valence-corrected chi connectivity index (χ2v) is 4.48. The number of nitrogens with zero attached hydrogens (tertiary/aromatic N) is 2. The SMILES string of the molecule is Nc1ncnc(N[C@H]2CCC[C@@H]2CCO)c1N. The van der Waals surface area contributed by atoms with Gasteiger partial charge in [-0.15, -0.1) is 0 Å². The van der Waals surface area contributed by atoms with Crippen molar-refractivity contribution >= 4 is 17.3 Å². The van der Waals surface area contributed by atoms with Crippen LogP contribution in [0.15, 0.2) is 6.33 Å². The Morgan fingerprint density at radius 1 is 1.35 bits per heavy atom. The van der Waals surface area contributed by atoms with Crippen LogP contribution in [0.5, 0.6) is 0 Å². The number of hydrogen-bond donors (Lipinski definition) is 4. The Balaban J connectivity index is 2.07. The van der Waals surface area contributed by atoms with E-state index in [1.165, 1.54) is 12.7 Å². The molecule has 1 aliphatic carbocycles. The van der Waals surface area contributed by atoms with E-state index in [9.17, 15) is 0 Å². The highest BCUT2D eigenvalue weighted by Gasteiger charge is 2.27. The van der Waals surface area contributed by atoms with Crippen molar-refractivity contribution in [1.82, 2.24) is 9.97 Å². The van der Waals surface area contributed by atoms with Crippen molar-refractivity contribution in [1.29, 1.82) is 0 Å². The first-order valence-corrected chi connectivity index (χ1v) is 5.95. The van der Waals surface area contributed by atoms with E-state index >= 15 is 0 Å². The predicted octanol–water partition coefficient (Wildman–Crippen LogP) is 0.604. The number of aliphatic hydroxyl groups excluding tert-OH is 1. The monoisotopic (exact) mass is 237 g/mol. The summed E-state index contributed by atoms with van der Waals surface area (Å²) in [5.74, 6) is 1.39. The molecule has 1 aromatic rings. The van der Waals surface area contributed by atoms with Crippen LogP contribution in [0.2, 0.25) is 0 Å². The molecule has 1 fully saturated rings. The van der Waals surface area contributed by atoms with Gasteiger partial charge in [0.25, 0.3) is 0 Å². The Morgan fingerprint density at radius 2 is 2.18 bits per heavy atom. The topological polar surface area (TPSA) is 110 Å². The lowest BCUT2D eigenvalue weighted by atomic mass is 10.00. The Labute approximate surface area is 100 Å². The van der Waals surface area contributed by atoms with Gasteiger partial charge in [0.05, 0.1) is 0 Å². The summed E-state index contributed by atoms with van der Waals surface area (Å²) in [5.41, 5.74) is 11.9. The molecule has 0 aliphatic heterocycles. The molecule has 6 heteroatoms. The molecule has 2 rings (SSSR count). The Bertz CT molecular complexity index is 384. The van der Waals surface area contributed by atoms with E-state index in [1.54, 1.807) is 0 Å². The Morgan fingerprint density at radius 3 is 2.94 bits per heavy atom. The lowest BCUT2D eigenvalue weighted by Crippen LogP contribution is -2.26. The number of hydrogen-bond acceptors (Lipinski definition) is 6. The van der Waals surface area contributed by atoms with Crippen molar-refractivity contribution in [2.24, 2.45) is 5.92 Å². The smallest absolute Gasteiger partial charge is 0.155 e. The summed E-state index contributed by atoms with van der Waals surface area (Å²) in [6.07, 6.45) is 5.61. The highest BCUT2D eigenvalue weighted by Crippen LogP contribution is 2.32. The van der Waals surface area contributed by atoms with Crippen LogP contribution in [0.4, 0.5) is 17.3 Å². The van der Waals surface area contributed by atoms with Crippen molar-refractivity contribution in [2.75, 3.05) is 23.4 Å². The van der Waals surface area contributed by atoms with Crippen molar-refractivity contribution in [3.05, 3.63) is 6.33 Å². The standard InChI is InChI=1S/C11H19N5O/c12-9-10(13)14-6-15-11(9)16-8-3-1-2-7(8)4-5-17/h6-8,17H,1-5,12H2,(H3,13,14,15,16)/t7-,8+/m1/s1. The molecule has 0 spiro atoms. The number of nitrogens with two attached hydrogens (primary N) is 2. The minimum absolute atomic E-state index is 0.226. The maximum Gasteiger partial charge on any atom is 0.155 e. The van der Waals surface area contributed by atoms with E-state index < -0.39 is 0 Å². The maximum absolute atomic E-state index is 9.01. The minimum Gasteiger partial charge on any atom is -0.396 e. The number of aromatic nitrogens is 2. The van der Waals surface area contributed by atoms with E-state index in [4.69, 9.17) is 16.6 Å². The fourth-order valence-electron chi connectivity index (χ4n) is 2.44. The molecular formula is C11H19N5O. The van der Waals surface area contributed by atoms with Crippen LogP contribution < -0.4 is 16.8 Å². The van der Waals surface area contributed by atoms with E-state index in [1.807, 2.05) is 0 Å². The highest BCUT2D eigenvalue weighted by atomic mass is 16.3. The van der Waals surface area contributed by atoms with Crippen LogP contribution in [-0.2, 0) is 0 Å². The summed E-state index contributed by atoms with van der Waals surface area (Å²) in [5, 5.41) is 12.3. The van der Waals surface area contributed by atoms with E-state index in [0.29, 0.717) is 29.3 Å². The fourth-order valence-corrected chi connectivity index (χ4v) is 2.44. The molecule has 0 unspecified atom stereocenters. The fraction of sp³-hybridized carbons (Fsp3) is 0.636. The zero-order valence-electron chi connectivity index (χ0n) is 9.76. The second-order valence-electron chi connectivity index (χ2n) is 4.48.